The fourth-order valence-electron chi connectivity index (χ4n) is 1.86. The largest absolute Gasteiger partial charge is 0.465 e. The molecule has 1 aromatic rings. The number of ether oxygens (including phenoxy) is 1. The van der Waals surface area contributed by atoms with Crippen LogP contribution in [0, 0.1) is 5.92 Å². The van der Waals surface area contributed by atoms with Crippen molar-refractivity contribution in [1.29, 1.82) is 0 Å². The molecule has 0 saturated carbocycles. The zero-order valence-corrected chi connectivity index (χ0v) is 11.6. The van der Waals surface area contributed by atoms with Crippen LogP contribution in [-0.2, 0) is 17.3 Å². The summed E-state index contributed by atoms with van der Waals surface area (Å²) in [4.78, 5) is 14.5. The van der Waals surface area contributed by atoms with E-state index in [9.17, 15) is 26.7 Å². The highest BCUT2D eigenvalue weighted by molar-refractivity contribution is 5.92. The van der Waals surface area contributed by atoms with Gasteiger partial charge in [0, 0.05) is 0 Å². The molecule has 0 bridgehead atoms. The number of carbonyl (C=O) groups is 1. The minimum Gasteiger partial charge on any atom is -0.465 e. The van der Waals surface area contributed by atoms with Gasteiger partial charge in [-0.05, 0) is 24.0 Å². The van der Waals surface area contributed by atoms with Crippen molar-refractivity contribution < 1.29 is 31.5 Å². The van der Waals surface area contributed by atoms with Crippen molar-refractivity contribution in [3.8, 4) is 0 Å². The Balaban J connectivity index is 3.61. The lowest BCUT2D eigenvalue weighted by atomic mass is 9.96. The number of nitrogens with zero attached hydrogens (tertiary/aromatic N) is 1. The summed E-state index contributed by atoms with van der Waals surface area (Å²) in [7, 11) is 0.967. The molecule has 0 fully saturated rings. The first-order chi connectivity index (χ1) is 9.57. The first kappa shape index (κ1) is 17.3. The molecule has 21 heavy (non-hydrogen) atoms. The van der Waals surface area contributed by atoms with Gasteiger partial charge in [-0.3, -0.25) is 0 Å². The van der Waals surface area contributed by atoms with Crippen LogP contribution in [-0.4, -0.2) is 18.1 Å². The Kier molecular flexibility index (Phi) is 5.25. The standard InChI is InChI=1S/C13H14F5NO2/c1-6(2)4-7-5-8(13(16,17)18)19-10(11(14)15)9(7)12(20)21-3/h5-6,11H,4H2,1-3H3. The van der Waals surface area contributed by atoms with Gasteiger partial charge in [-0.2, -0.15) is 13.2 Å². The van der Waals surface area contributed by atoms with E-state index in [1.165, 1.54) is 0 Å². The van der Waals surface area contributed by atoms with Gasteiger partial charge in [-0.1, -0.05) is 13.8 Å². The number of carbonyl (C=O) groups excluding carboxylic acids is 1. The number of halogens is 5. The summed E-state index contributed by atoms with van der Waals surface area (Å²) >= 11 is 0. The molecule has 118 valence electrons. The molecule has 1 heterocycles. The second-order valence-electron chi connectivity index (χ2n) is 4.81. The highest BCUT2D eigenvalue weighted by Crippen LogP contribution is 2.33. The summed E-state index contributed by atoms with van der Waals surface area (Å²) in [6.07, 6.45) is -8.16. The molecular formula is C13H14F5NO2. The van der Waals surface area contributed by atoms with E-state index in [-0.39, 0.29) is 17.9 Å². The maximum Gasteiger partial charge on any atom is 0.433 e. The molecule has 1 rings (SSSR count). The molecule has 3 nitrogen and oxygen atoms in total. The third-order valence-corrected chi connectivity index (χ3v) is 2.64. The molecule has 0 radical (unpaired) electrons. The van der Waals surface area contributed by atoms with Gasteiger partial charge in [-0.15, -0.1) is 0 Å². The fraction of sp³-hybridized carbons (Fsp3) is 0.538. The van der Waals surface area contributed by atoms with Crippen molar-refractivity contribution in [1.82, 2.24) is 4.98 Å². The summed E-state index contributed by atoms with van der Waals surface area (Å²) in [5.74, 6) is -1.26. The number of esters is 1. The van der Waals surface area contributed by atoms with E-state index >= 15 is 0 Å². The number of aromatic nitrogens is 1. The van der Waals surface area contributed by atoms with Crippen molar-refractivity contribution in [3.63, 3.8) is 0 Å². The van der Waals surface area contributed by atoms with E-state index in [4.69, 9.17) is 0 Å². The van der Waals surface area contributed by atoms with E-state index in [1.54, 1.807) is 13.8 Å². The van der Waals surface area contributed by atoms with E-state index in [2.05, 4.69) is 9.72 Å². The van der Waals surface area contributed by atoms with Gasteiger partial charge in [0.2, 0.25) is 0 Å². The Hall–Kier alpha value is -1.73. The number of hydrogen-bond acceptors (Lipinski definition) is 3. The Morgan fingerprint density at radius 2 is 1.90 bits per heavy atom. The number of methoxy groups -OCH3 is 1. The lowest BCUT2D eigenvalue weighted by Crippen LogP contribution is -2.18. The van der Waals surface area contributed by atoms with Gasteiger partial charge in [-0.25, -0.2) is 18.6 Å². The van der Waals surface area contributed by atoms with Crippen LogP contribution in [0.1, 0.15) is 47.6 Å². The Labute approximate surface area is 118 Å². The summed E-state index contributed by atoms with van der Waals surface area (Å²) in [5.41, 5.74) is -3.38. The normalized spacial score (nSPS) is 12.1. The summed E-state index contributed by atoms with van der Waals surface area (Å²) in [5, 5.41) is 0. The zero-order chi connectivity index (χ0) is 16.4. The van der Waals surface area contributed by atoms with E-state index in [0.717, 1.165) is 7.11 Å². The van der Waals surface area contributed by atoms with Crippen LogP contribution in [0.4, 0.5) is 22.0 Å². The molecule has 0 amide bonds. The molecule has 0 N–H and O–H groups in total. The van der Waals surface area contributed by atoms with Gasteiger partial charge in [0.25, 0.3) is 6.43 Å². The molecule has 1 aromatic heterocycles. The molecular weight excluding hydrogens is 297 g/mol. The van der Waals surface area contributed by atoms with Crippen molar-refractivity contribution in [2.24, 2.45) is 5.92 Å². The van der Waals surface area contributed by atoms with Crippen LogP contribution in [0.25, 0.3) is 0 Å². The van der Waals surface area contributed by atoms with Crippen LogP contribution in [0.3, 0.4) is 0 Å². The zero-order valence-electron chi connectivity index (χ0n) is 11.6. The quantitative estimate of drug-likeness (QED) is 0.622. The van der Waals surface area contributed by atoms with Gasteiger partial charge < -0.3 is 4.74 Å². The summed E-state index contributed by atoms with van der Waals surface area (Å²) in [6, 6.07) is 0.623. The average molecular weight is 311 g/mol. The minimum atomic E-state index is -4.87. The molecule has 0 unspecified atom stereocenters. The minimum absolute atomic E-state index is 0.0236. The predicted molar refractivity (Wildman–Crippen MR) is 64.1 cm³/mol. The van der Waals surface area contributed by atoms with E-state index < -0.39 is 35.5 Å². The first-order valence-corrected chi connectivity index (χ1v) is 6.05. The van der Waals surface area contributed by atoms with Crippen molar-refractivity contribution >= 4 is 5.97 Å². The Bertz CT molecular complexity index is 526. The van der Waals surface area contributed by atoms with Gasteiger partial charge in [0.1, 0.15) is 11.4 Å². The Morgan fingerprint density at radius 1 is 1.33 bits per heavy atom. The number of alkyl halides is 5. The van der Waals surface area contributed by atoms with Crippen molar-refractivity contribution in [2.45, 2.75) is 32.9 Å². The molecule has 0 spiro atoms. The maximum atomic E-state index is 13.0. The van der Waals surface area contributed by atoms with Crippen molar-refractivity contribution in [2.75, 3.05) is 7.11 Å². The molecule has 0 aliphatic carbocycles. The second kappa shape index (κ2) is 6.36. The maximum absolute atomic E-state index is 13.0. The van der Waals surface area contributed by atoms with E-state index in [1.807, 2.05) is 0 Å². The molecule has 0 aliphatic rings. The van der Waals surface area contributed by atoms with Gasteiger partial charge in [0.05, 0.1) is 12.7 Å². The smallest absolute Gasteiger partial charge is 0.433 e. The average Bonchev–Trinajstić information content (AvgIpc) is 2.34. The number of hydrogen-bond donors (Lipinski definition) is 0. The SMILES string of the molecule is COC(=O)c1c(CC(C)C)cc(C(F)(F)F)nc1C(F)F. The van der Waals surface area contributed by atoms with Gasteiger partial charge >= 0.3 is 12.1 Å². The lowest BCUT2D eigenvalue weighted by molar-refractivity contribution is -0.141. The number of rotatable bonds is 4. The third kappa shape index (κ3) is 4.12. The van der Waals surface area contributed by atoms with Crippen LogP contribution >= 0.6 is 0 Å². The molecule has 0 aliphatic heterocycles. The highest BCUT2D eigenvalue weighted by Gasteiger charge is 2.36. The highest BCUT2D eigenvalue weighted by atomic mass is 19.4. The first-order valence-electron chi connectivity index (χ1n) is 6.05. The fourth-order valence-corrected chi connectivity index (χ4v) is 1.86. The third-order valence-electron chi connectivity index (χ3n) is 2.64. The summed E-state index contributed by atoms with van der Waals surface area (Å²) in [6.45, 7) is 3.38. The van der Waals surface area contributed by atoms with E-state index in [0.29, 0.717) is 6.07 Å². The van der Waals surface area contributed by atoms with Crippen molar-refractivity contribution in [3.05, 3.63) is 28.6 Å². The molecule has 0 aromatic carbocycles. The molecule has 0 saturated heterocycles. The van der Waals surface area contributed by atoms with Crippen LogP contribution in [0.5, 0.6) is 0 Å². The van der Waals surface area contributed by atoms with Crippen LogP contribution < -0.4 is 0 Å². The topological polar surface area (TPSA) is 39.2 Å². The predicted octanol–water partition coefficient (Wildman–Crippen LogP) is 4.02. The molecule has 8 heteroatoms. The number of pyridine rings is 1. The lowest BCUT2D eigenvalue weighted by Gasteiger charge is -2.17. The van der Waals surface area contributed by atoms with Crippen LogP contribution in [0.2, 0.25) is 0 Å². The Morgan fingerprint density at radius 3 is 2.29 bits per heavy atom. The van der Waals surface area contributed by atoms with Crippen LogP contribution in [0.15, 0.2) is 6.07 Å². The monoisotopic (exact) mass is 311 g/mol. The summed E-state index contributed by atoms with van der Waals surface area (Å²) < 4.78 is 68.5. The second-order valence-corrected chi connectivity index (χ2v) is 4.81. The molecule has 0 atom stereocenters. The van der Waals surface area contributed by atoms with Gasteiger partial charge in [0.15, 0.2) is 0 Å².